The lowest BCUT2D eigenvalue weighted by Crippen LogP contribution is -2.47. The summed E-state index contributed by atoms with van der Waals surface area (Å²) < 4.78 is 0. The molecule has 0 saturated heterocycles. The molecule has 134 valence electrons. The summed E-state index contributed by atoms with van der Waals surface area (Å²) in [5, 5.41) is 0. The standard InChI is InChI=1S/C20H28N2.2ClH/c1-12-7-14(3)18(15(4)8-12)20(22,11-21)19-16(5)9-13(2)10-17(19)6;;/h7-10H,11,21-22H2,1-6H3;2*1H. The topological polar surface area (TPSA) is 52.0 Å². The third kappa shape index (κ3) is 3.94. The Hall–Kier alpha value is -1.06. The molecule has 2 aromatic carbocycles. The maximum atomic E-state index is 6.92. The Balaban J connectivity index is 0.00000264. The van der Waals surface area contributed by atoms with Crippen LogP contribution in [0.2, 0.25) is 0 Å². The Labute approximate surface area is 158 Å². The molecule has 0 aliphatic carbocycles. The molecular weight excluding hydrogens is 339 g/mol. The van der Waals surface area contributed by atoms with Gasteiger partial charge in [0.2, 0.25) is 0 Å². The van der Waals surface area contributed by atoms with Gasteiger partial charge >= 0.3 is 0 Å². The zero-order chi connectivity index (χ0) is 16.7. The molecule has 0 heterocycles. The van der Waals surface area contributed by atoms with E-state index in [-0.39, 0.29) is 24.8 Å². The summed E-state index contributed by atoms with van der Waals surface area (Å²) in [5.74, 6) is 0. The smallest absolute Gasteiger partial charge is 0.0800 e. The van der Waals surface area contributed by atoms with Crippen LogP contribution in [0.25, 0.3) is 0 Å². The highest BCUT2D eigenvalue weighted by molar-refractivity contribution is 5.85. The van der Waals surface area contributed by atoms with Gasteiger partial charge in [-0.15, -0.1) is 24.8 Å². The van der Waals surface area contributed by atoms with E-state index in [1.165, 1.54) is 33.4 Å². The first kappa shape index (κ1) is 22.9. The van der Waals surface area contributed by atoms with Crippen LogP contribution in [0.1, 0.15) is 44.5 Å². The molecule has 0 aliphatic heterocycles. The van der Waals surface area contributed by atoms with Gasteiger partial charge in [0.25, 0.3) is 0 Å². The van der Waals surface area contributed by atoms with E-state index in [1.54, 1.807) is 0 Å². The first-order valence-electron chi connectivity index (χ1n) is 7.86. The second-order valence-corrected chi connectivity index (χ2v) is 6.72. The van der Waals surface area contributed by atoms with Crippen LogP contribution in [0.4, 0.5) is 0 Å². The van der Waals surface area contributed by atoms with Crippen LogP contribution in [0.5, 0.6) is 0 Å². The largest absolute Gasteiger partial charge is 0.328 e. The number of benzene rings is 2. The molecule has 0 aliphatic rings. The third-order valence-corrected chi connectivity index (χ3v) is 4.57. The molecule has 4 heteroatoms. The predicted molar refractivity (Wildman–Crippen MR) is 110 cm³/mol. The van der Waals surface area contributed by atoms with Crippen molar-refractivity contribution >= 4 is 24.8 Å². The van der Waals surface area contributed by atoms with Gasteiger partial charge in [-0.2, -0.15) is 0 Å². The van der Waals surface area contributed by atoms with Crippen molar-refractivity contribution in [2.45, 2.75) is 47.1 Å². The van der Waals surface area contributed by atoms with Crippen molar-refractivity contribution < 1.29 is 0 Å². The van der Waals surface area contributed by atoms with Crippen molar-refractivity contribution in [3.8, 4) is 0 Å². The van der Waals surface area contributed by atoms with Gasteiger partial charge in [0.1, 0.15) is 0 Å². The number of aryl methyl sites for hydroxylation is 6. The van der Waals surface area contributed by atoms with Gasteiger partial charge in [-0.3, -0.25) is 0 Å². The molecule has 0 unspecified atom stereocenters. The van der Waals surface area contributed by atoms with E-state index in [9.17, 15) is 0 Å². The summed E-state index contributed by atoms with van der Waals surface area (Å²) in [7, 11) is 0. The maximum Gasteiger partial charge on any atom is 0.0800 e. The highest BCUT2D eigenvalue weighted by Crippen LogP contribution is 2.36. The van der Waals surface area contributed by atoms with Crippen molar-refractivity contribution in [3.63, 3.8) is 0 Å². The number of hydrogen-bond donors (Lipinski definition) is 2. The highest BCUT2D eigenvalue weighted by atomic mass is 35.5. The fraction of sp³-hybridized carbons (Fsp3) is 0.400. The number of hydrogen-bond acceptors (Lipinski definition) is 2. The van der Waals surface area contributed by atoms with E-state index < -0.39 is 5.54 Å². The molecule has 2 nitrogen and oxygen atoms in total. The van der Waals surface area contributed by atoms with E-state index in [1.807, 2.05) is 0 Å². The second kappa shape index (κ2) is 8.35. The Morgan fingerprint density at radius 3 is 1.12 bits per heavy atom. The Morgan fingerprint density at radius 1 is 0.667 bits per heavy atom. The SMILES string of the molecule is Cc1cc(C)c(C(N)(CN)c2c(C)cc(C)cc2C)c(C)c1.Cl.Cl. The van der Waals surface area contributed by atoms with Crippen molar-refractivity contribution in [3.05, 3.63) is 68.8 Å². The van der Waals surface area contributed by atoms with E-state index in [0.29, 0.717) is 6.54 Å². The quantitative estimate of drug-likeness (QED) is 0.834. The van der Waals surface area contributed by atoms with Crippen LogP contribution >= 0.6 is 24.8 Å². The first-order chi connectivity index (χ1) is 10.2. The van der Waals surface area contributed by atoms with Crippen molar-refractivity contribution in [1.29, 1.82) is 0 Å². The number of halogens is 2. The Morgan fingerprint density at radius 2 is 0.917 bits per heavy atom. The molecule has 0 saturated carbocycles. The summed E-state index contributed by atoms with van der Waals surface area (Å²) in [6.07, 6.45) is 0. The summed E-state index contributed by atoms with van der Waals surface area (Å²) in [6, 6.07) is 8.77. The zero-order valence-corrected chi connectivity index (χ0v) is 17.1. The van der Waals surface area contributed by atoms with Crippen LogP contribution in [0.3, 0.4) is 0 Å². The first-order valence-corrected chi connectivity index (χ1v) is 7.86. The fourth-order valence-electron chi connectivity index (χ4n) is 4.10. The molecule has 4 N–H and O–H groups in total. The van der Waals surface area contributed by atoms with Gasteiger partial charge in [0.05, 0.1) is 5.54 Å². The lowest BCUT2D eigenvalue weighted by molar-refractivity contribution is 0.538. The monoisotopic (exact) mass is 368 g/mol. The lowest BCUT2D eigenvalue weighted by atomic mass is 9.75. The normalized spacial score (nSPS) is 10.8. The van der Waals surface area contributed by atoms with Crippen molar-refractivity contribution in [1.82, 2.24) is 0 Å². The molecular formula is C20H30Cl2N2. The summed E-state index contributed by atoms with van der Waals surface area (Å²) in [6.45, 7) is 13.1. The van der Waals surface area contributed by atoms with E-state index in [4.69, 9.17) is 11.5 Å². The zero-order valence-electron chi connectivity index (χ0n) is 15.5. The number of nitrogens with two attached hydrogens (primary N) is 2. The van der Waals surface area contributed by atoms with Crippen LogP contribution in [0, 0.1) is 41.5 Å². The predicted octanol–water partition coefficient (Wildman–Crippen LogP) is 4.54. The van der Waals surface area contributed by atoms with Crippen LogP contribution < -0.4 is 11.5 Å². The van der Waals surface area contributed by atoms with Gasteiger partial charge in [-0.05, 0) is 74.9 Å². The summed E-state index contributed by atoms with van der Waals surface area (Å²) in [5.41, 5.74) is 22.2. The summed E-state index contributed by atoms with van der Waals surface area (Å²) in [4.78, 5) is 0. The van der Waals surface area contributed by atoms with E-state index >= 15 is 0 Å². The van der Waals surface area contributed by atoms with Gasteiger partial charge < -0.3 is 11.5 Å². The van der Waals surface area contributed by atoms with Crippen LogP contribution in [-0.2, 0) is 5.54 Å². The van der Waals surface area contributed by atoms with Gasteiger partial charge in [-0.25, -0.2) is 0 Å². The van der Waals surface area contributed by atoms with Crippen molar-refractivity contribution in [2.75, 3.05) is 6.54 Å². The number of rotatable bonds is 3. The summed E-state index contributed by atoms with van der Waals surface area (Å²) >= 11 is 0. The van der Waals surface area contributed by atoms with E-state index in [0.717, 1.165) is 11.1 Å². The Kier molecular flexibility index (Phi) is 7.98. The lowest BCUT2D eigenvalue weighted by Gasteiger charge is -2.35. The van der Waals surface area contributed by atoms with Crippen LogP contribution in [0.15, 0.2) is 24.3 Å². The fourth-order valence-corrected chi connectivity index (χ4v) is 4.10. The maximum absolute atomic E-state index is 6.92. The molecule has 2 aromatic rings. The highest BCUT2D eigenvalue weighted by Gasteiger charge is 2.34. The second-order valence-electron chi connectivity index (χ2n) is 6.72. The third-order valence-electron chi connectivity index (χ3n) is 4.57. The van der Waals surface area contributed by atoms with Crippen molar-refractivity contribution in [2.24, 2.45) is 11.5 Å². The minimum absolute atomic E-state index is 0. The van der Waals surface area contributed by atoms with E-state index in [2.05, 4.69) is 65.8 Å². The van der Waals surface area contributed by atoms with Crippen LogP contribution in [-0.4, -0.2) is 6.54 Å². The molecule has 0 aromatic heterocycles. The van der Waals surface area contributed by atoms with Gasteiger partial charge in [-0.1, -0.05) is 35.4 Å². The molecule has 2 rings (SSSR count). The minimum Gasteiger partial charge on any atom is -0.328 e. The van der Waals surface area contributed by atoms with Gasteiger partial charge in [0, 0.05) is 6.54 Å². The molecule has 0 atom stereocenters. The molecule has 0 spiro atoms. The molecule has 24 heavy (non-hydrogen) atoms. The molecule has 0 bridgehead atoms. The van der Waals surface area contributed by atoms with Gasteiger partial charge in [0.15, 0.2) is 0 Å². The average Bonchev–Trinajstić information content (AvgIpc) is 2.35. The molecule has 0 amide bonds. The average molecular weight is 369 g/mol. The molecule has 0 radical (unpaired) electrons. The molecule has 0 fully saturated rings. The minimum atomic E-state index is -0.649. The Bertz CT molecular complexity index is 620.